The second-order valence-corrected chi connectivity index (χ2v) is 5.62. The molecular formula is C15H19N5O2. The molecule has 1 aromatic heterocycles. The Hall–Kier alpha value is -2.44. The van der Waals surface area contributed by atoms with Crippen molar-refractivity contribution in [2.45, 2.75) is 19.8 Å². The van der Waals surface area contributed by atoms with Crippen LogP contribution in [0.15, 0.2) is 30.3 Å². The molecule has 22 heavy (non-hydrogen) atoms. The standard InChI is InChI=1S/C15H19N5O2/c1-2-6-11-9-19(10-13(11)14(21)22)15-16-17-18-20(15)12-7-4-3-5-8-12/h3-5,7-8,11,13H,2,6,9-10H2,1H3,(H,21,22)/t11-,13-/m1/s1. The predicted molar refractivity (Wildman–Crippen MR) is 80.9 cm³/mol. The lowest BCUT2D eigenvalue weighted by Crippen LogP contribution is -2.25. The molecule has 0 bridgehead atoms. The van der Waals surface area contributed by atoms with E-state index in [2.05, 4.69) is 22.4 Å². The normalized spacial score (nSPS) is 21.2. The minimum absolute atomic E-state index is 0.142. The van der Waals surface area contributed by atoms with Crippen LogP contribution in [-0.2, 0) is 4.79 Å². The van der Waals surface area contributed by atoms with E-state index in [0.717, 1.165) is 18.5 Å². The van der Waals surface area contributed by atoms with Crippen molar-refractivity contribution < 1.29 is 9.90 Å². The maximum Gasteiger partial charge on any atom is 0.308 e. The summed E-state index contributed by atoms with van der Waals surface area (Å²) in [4.78, 5) is 13.5. The number of tetrazole rings is 1. The third-order valence-corrected chi connectivity index (χ3v) is 4.15. The number of rotatable bonds is 5. The molecular weight excluding hydrogens is 282 g/mol. The number of aromatic nitrogens is 4. The van der Waals surface area contributed by atoms with Crippen LogP contribution in [0.1, 0.15) is 19.8 Å². The van der Waals surface area contributed by atoms with Crippen molar-refractivity contribution in [3.63, 3.8) is 0 Å². The summed E-state index contributed by atoms with van der Waals surface area (Å²) in [6.45, 7) is 3.21. The first-order valence-electron chi connectivity index (χ1n) is 7.52. The van der Waals surface area contributed by atoms with E-state index in [1.807, 2.05) is 35.2 Å². The van der Waals surface area contributed by atoms with E-state index in [1.54, 1.807) is 4.68 Å². The van der Waals surface area contributed by atoms with Crippen LogP contribution in [0.3, 0.4) is 0 Å². The molecule has 0 saturated carbocycles. The summed E-state index contributed by atoms with van der Waals surface area (Å²) < 4.78 is 1.66. The van der Waals surface area contributed by atoms with Gasteiger partial charge in [-0.1, -0.05) is 36.6 Å². The van der Waals surface area contributed by atoms with Crippen LogP contribution in [0.5, 0.6) is 0 Å². The first-order valence-corrected chi connectivity index (χ1v) is 7.52. The Bertz CT molecular complexity index is 642. The molecule has 1 aliphatic heterocycles. The minimum atomic E-state index is -0.736. The van der Waals surface area contributed by atoms with Gasteiger partial charge in [0.15, 0.2) is 0 Å². The molecule has 0 aliphatic carbocycles. The summed E-state index contributed by atoms with van der Waals surface area (Å²) in [5, 5.41) is 21.3. The summed E-state index contributed by atoms with van der Waals surface area (Å²) in [6, 6.07) is 9.62. The molecule has 0 radical (unpaired) electrons. The maximum atomic E-state index is 11.5. The zero-order valence-corrected chi connectivity index (χ0v) is 12.5. The monoisotopic (exact) mass is 301 g/mol. The highest BCUT2D eigenvalue weighted by Gasteiger charge is 2.38. The van der Waals surface area contributed by atoms with Gasteiger partial charge in [0, 0.05) is 13.1 Å². The highest BCUT2D eigenvalue weighted by Crippen LogP contribution is 2.30. The fraction of sp³-hybridized carbons (Fsp3) is 0.467. The van der Waals surface area contributed by atoms with Crippen LogP contribution in [0.4, 0.5) is 5.95 Å². The van der Waals surface area contributed by atoms with E-state index < -0.39 is 5.97 Å². The van der Waals surface area contributed by atoms with E-state index in [4.69, 9.17) is 0 Å². The Morgan fingerprint density at radius 1 is 1.32 bits per heavy atom. The van der Waals surface area contributed by atoms with E-state index in [1.165, 1.54) is 0 Å². The molecule has 1 aliphatic rings. The highest BCUT2D eigenvalue weighted by atomic mass is 16.4. The quantitative estimate of drug-likeness (QED) is 0.903. The molecule has 1 saturated heterocycles. The van der Waals surface area contributed by atoms with Gasteiger partial charge in [0.25, 0.3) is 0 Å². The van der Waals surface area contributed by atoms with Crippen LogP contribution < -0.4 is 4.90 Å². The highest BCUT2D eigenvalue weighted by molar-refractivity contribution is 5.72. The van der Waals surface area contributed by atoms with Crippen LogP contribution in [0.25, 0.3) is 5.69 Å². The lowest BCUT2D eigenvalue weighted by molar-refractivity contribution is -0.142. The van der Waals surface area contributed by atoms with E-state index in [9.17, 15) is 9.90 Å². The number of aliphatic carboxylic acids is 1. The minimum Gasteiger partial charge on any atom is -0.481 e. The number of nitrogens with zero attached hydrogens (tertiary/aromatic N) is 5. The van der Waals surface area contributed by atoms with E-state index in [0.29, 0.717) is 19.0 Å². The first-order chi connectivity index (χ1) is 10.7. The molecule has 7 nitrogen and oxygen atoms in total. The molecule has 7 heteroatoms. The summed E-state index contributed by atoms with van der Waals surface area (Å²) >= 11 is 0. The van der Waals surface area contributed by atoms with Gasteiger partial charge in [0.2, 0.25) is 5.95 Å². The number of carboxylic acid groups (broad SMARTS) is 1. The van der Waals surface area contributed by atoms with Gasteiger partial charge in [-0.2, -0.15) is 4.68 Å². The summed E-state index contributed by atoms with van der Waals surface area (Å²) in [5.41, 5.74) is 0.869. The third kappa shape index (κ3) is 2.66. The van der Waals surface area contributed by atoms with Crippen molar-refractivity contribution in [2.24, 2.45) is 11.8 Å². The van der Waals surface area contributed by atoms with Gasteiger partial charge in [-0.15, -0.1) is 0 Å². The zero-order chi connectivity index (χ0) is 15.5. The molecule has 0 spiro atoms. The van der Waals surface area contributed by atoms with Crippen molar-refractivity contribution in [2.75, 3.05) is 18.0 Å². The summed E-state index contributed by atoms with van der Waals surface area (Å²) in [6.07, 6.45) is 1.88. The number of benzene rings is 1. The second-order valence-electron chi connectivity index (χ2n) is 5.62. The van der Waals surface area contributed by atoms with Crippen LogP contribution >= 0.6 is 0 Å². The summed E-state index contributed by atoms with van der Waals surface area (Å²) in [5.74, 6) is -0.347. The van der Waals surface area contributed by atoms with Gasteiger partial charge in [-0.05, 0) is 34.9 Å². The molecule has 1 fully saturated rings. The molecule has 116 valence electrons. The van der Waals surface area contributed by atoms with E-state index in [-0.39, 0.29) is 11.8 Å². The molecule has 0 unspecified atom stereocenters. The van der Waals surface area contributed by atoms with Crippen molar-refractivity contribution in [1.82, 2.24) is 20.2 Å². The van der Waals surface area contributed by atoms with Crippen LogP contribution in [-0.4, -0.2) is 44.4 Å². The Morgan fingerprint density at radius 3 is 2.77 bits per heavy atom. The average Bonchev–Trinajstić information content (AvgIpc) is 3.14. The Kier molecular flexibility index (Phi) is 4.04. The molecule has 2 heterocycles. The third-order valence-electron chi connectivity index (χ3n) is 4.15. The smallest absolute Gasteiger partial charge is 0.308 e. The lowest BCUT2D eigenvalue weighted by atomic mass is 9.92. The van der Waals surface area contributed by atoms with Gasteiger partial charge >= 0.3 is 5.97 Å². The van der Waals surface area contributed by atoms with E-state index >= 15 is 0 Å². The van der Waals surface area contributed by atoms with Gasteiger partial charge in [0.05, 0.1) is 11.6 Å². The largest absolute Gasteiger partial charge is 0.481 e. The Balaban J connectivity index is 1.87. The van der Waals surface area contributed by atoms with Gasteiger partial charge in [-0.3, -0.25) is 4.79 Å². The number of para-hydroxylation sites is 1. The molecule has 2 atom stereocenters. The SMILES string of the molecule is CCC[C@@H]1CN(c2nnnn2-c2ccccc2)C[C@H]1C(=O)O. The van der Waals surface area contributed by atoms with Crippen molar-refractivity contribution in [3.8, 4) is 5.69 Å². The topological polar surface area (TPSA) is 84.1 Å². The molecule has 3 rings (SSSR count). The average molecular weight is 301 g/mol. The predicted octanol–water partition coefficient (Wildman–Crippen LogP) is 1.60. The number of anilines is 1. The number of carboxylic acids is 1. The van der Waals surface area contributed by atoms with Crippen LogP contribution in [0, 0.1) is 11.8 Å². The van der Waals surface area contributed by atoms with Crippen molar-refractivity contribution in [3.05, 3.63) is 30.3 Å². The number of hydrogen-bond donors (Lipinski definition) is 1. The van der Waals surface area contributed by atoms with Gasteiger partial charge in [-0.25, -0.2) is 0 Å². The van der Waals surface area contributed by atoms with Crippen LogP contribution in [0.2, 0.25) is 0 Å². The number of hydrogen-bond acceptors (Lipinski definition) is 5. The maximum absolute atomic E-state index is 11.5. The zero-order valence-electron chi connectivity index (χ0n) is 12.5. The Labute approximate surface area is 128 Å². The summed E-state index contributed by atoms with van der Waals surface area (Å²) in [7, 11) is 0. The number of carbonyl (C=O) groups is 1. The molecule has 2 aromatic rings. The first kappa shape index (κ1) is 14.5. The molecule has 1 N–H and O–H groups in total. The Morgan fingerprint density at radius 2 is 2.09 bits per heavy atom. The van der Waals surface area contributed by atoms with Crippen molar-refractivity contribution in [1.29, 1.82) is 0 Å². The van der Waals surface area contributed by atoms with Crippen molar-refractivity contribution >= 4 is 11.9 Å². The van der Waals surface area contributed by atoms with Gasteiger partial charge in [0.1, 0.15) is 0 Å². The molecule has 1 aromatic carbocycles. The lowest BCUT2D eigenvalue weighted by Gasteiger charge is -2.16. The molecule has 0 amide bonds. The second kappa shape index (κ2) is 6.13. The van der Waals surface area contributed by atoms with Gasteiger partial charge < -0.3 is 10.0 Å². The fourth-order valence-corrected chi connectivity index (χ4v) is 3.09. The fourth-order valence-electron chi connectivity index (χ4n) is 3.09.